The van der Waals surface area contributed by atoms with Crippen molar-refractivity contribution in [2.45, 2.75) is 20.3 Å². The number of halogens is 1. The molecule has 0 aliphatic carbocycles. The summed E-state index contributed by atoms with van der Waals surface area (Å²) in [6, 6.07) is 9.58. The molecule has 0 unspecified atom stereocenters. The van der Waals surface area contributed by atoms with E-state index >= 15 is 0 Å². The average Bonchev–Trinajstić information content (AvgIpc) is 2.72. The summed E-state index contributed by atoms with van der Waals surface area (Å²) in [4.78, 5) is 23.7. The second-order valence-corrected chi connectivity index (χ2v) is 6.21. The van der Waals surface area contributed by atoms with Crippen LogP contribution in [0.15, 0.2) is 42.5 Å². The molecule has 1 N–H and O–H groups in total. The summed E-state index contributed by atoms with van der Waals surface area (Å²) in [5, 5.41) is 2.47. The number of rotatable bonds is 9. The molecule has 154 valence electrons. The largest absolute Gasteiger partial charge is 0.493 e. The highest BCUT2D eigenvalue weighted by molar-refractivity contribution is 5.94. The number of aryl methyl sites for hydroxylation is 1. The van der Waals surface area contributed by atoms with E-state index in [1.807, 2.05) is 6.92 Å². The Balaban J connectivity index is 1.87. The summed E-state index contributed by atoms with van der Waals surface area (Å²) in [7, 11) is 1.54. The highest BCUT2D eigenvalue weighted by atomic mass is 19.1. The molecule has 0 radical (unpaired) electrons. The third-order valence-electron chi connectivity index (χ3n) is 3.86. The van der Waals surface area contributed by atoms with Gasteiger partial charge in [-0.15, -0.1) is 0 Å². The van der Waals surface area contributed by atoms with Crippen LogP contribution in [0.3, 0.4) is 0 Å². The molecule has 7 heteroatoms. The van der Waals surface area contributed by atoms with Gasteiger partial charge in [-0.25, -0.2) is 9.18 Å². The van der Waals surface area contributed by atoms with Crippen molar-refractivity contribution in [3.05, 3.63) is 59.4 Å². The smallest absolute Gasteiger partial charge is 0.331 e. The minimum absolute atomic E-state index is 0.294. The Hall–Kier alpha value is -3.35. The normalized spacial score (nSPS) is 10.6. The molecule has 0 aliphatic rings. The molecule has 2 rings (SSSR count). The van der Waals surface area contributed by atoms with Crippen molar-refractivity contribution in [3.8, 4) is 11.5 Å². The van der Waals surface area contributed by atoms with Gasteiger partial charge in [0.1, 0.15) is 5.82 Å². The third kappa shape index (κ3) is 6.95. The molecule has 0 spiro atoms. The van der Waals surface area contributed by atoms with Crippen LogP contribution in [-0.4, -0.2) is 32.2 Å². The Bertz CT molecular complexity index is 895. The Kier molecular flexibility index (Phi) is 8.21. The van der Waals surface area contributed by atoms with Crippen molar-refractivity contribution >= 4 is 23.6 Å². The first-order valence-corrected chi connectivity index (χ1v) is 9.14. The van der Waals surface area contributed by atoms with Crippen LogP contribution in [0.25, 0.3) is 6.08 Å². The number of hydrogen-bond acceptors (Lipinski definition) is 5. The number of esters is 1. The Morgan fingerprint density at radius 3 is 2.62 bits per heavy atom. The topological polar surface area (TPSA) is 73.9 Å². The first-order chi connectivity index (χ1) is 13.9. The van der Waals surface area contributed by atoms with Gasteiger partial charge in [0.05, 0.1) is 13.7 Å². The van der Waals surface area contributed by atoms with Gasteiger partial charge in [0.15, 0.2) is 18.1 Å². The standard InChI is InChI=1S/C22H24FNO5/c1-4-11-28-19-9-6-16(12-20(19)27-3)7-10-22(26)29-14-21(25)24-17-8-5-15(2)18(23)13-17/h5-10,12-13H,4,11,14H2,1-3H3,(H,24,25)/b10-7+. The van der Waals surface area contributed by atoms with Gasteiger partial charge in [0.25, 0.3) is 5.91 Å². The van der Waals surface area contributed by atoms with Gasteiger partial charge in [-0.05, 0) is 54.8 Å². The Morgan fingerprint density at radius 2 is 1.93 bits per heavy atom. The lowest BCUT2D eigenvalue weighted by atomic mass is 10.2. The Morgan fingerprint density at radius 1 is 1.14 bits per heavy atom. The summed E-state index contributed by atoms with van der Waals surface area (Å²) in [5.74, 6) is -0.490. The van der Waals surface area contributed by atoms with Crippen LogP contribution in [0.1, 0.15) is 24.5 Å². The van der Waals surface area contributed by atoms with Crippen LogP contribution in [-0.2, 0) is 14.3 Å². The fraction of sp³-hybridized carbons (Fsp3) is 0.273. The van der Waals surface area contributed by atoms with Gasteiger partial charge in [-0.3, -0.25) is 4.79 Å². The predicted molar refractivity (Wildman–Crippen MR) is 109 cm³/mol. The zero-order valence-electron chi connectivity index (χ0n) is 16.7. The van der Waals surface area contributed by atoms with Gasteiger partial charge in [0.2, 0.25) is 0 Å². The lowest BCUT2D eigenvalue weighted by Gasteiger charge is -2.10. The SMILES string of the molecule is CCCOc1ccc(/C=C/C(=O)OCC(=O)Nc2ccc(C)c(F)c2)cc1OC. The van der Waals surface area contributed by atoms with E-state index in [9.17, 15) is 14.0 Å². The van der Waals surface area contributed by atoms with Gasteiger partial charge < -0.3 is 19.5 Å². The van der Waals surface area contributed by atoms with Crippen LogP contribution >= 0.6 is 0 Å². The van der Waals surface area contributed by atoms with Crippen LogP contribution < -0.4 is 14.8 Å². The first-order valence-electron chi connectivity index (χ1n) is 9.14. The van der Waals surface area contributed by atoms with Crippen molar-refractivity contribution < 1.29 is 28.2 Å². The minimum Gasteiger partial charge on any atom is -0.493 e. The lowest BCUT2D eigenvalue weighted by Crippen LogP contribution is -2.20. The second kappa shape index (κ2) is 10.8. The minimum atomic E-state index is -0.680. The molecule has 0 aromatic heterocycles. The van der Waals surface area contributed by atoms with E-state index in [4.69, 9.17) is 14.2 Å². The maximum atomic E-state index is 13.5. The van der Waals surface area contributed by atoms with Crippen molar-refractivity contribution in [2.75, 3.05) is 25.6 Å². The quantitative estimate of drug-likeness (QED) is 0.505. The van der Waals surface area contributed by atoms with Crippen molar-refractivity contribution in [2.24, 2.45) is 0 Å². The predicted octanol–water partition coefficient (Wildman–Crippen LogP) is 4.13. The maximum absolute atomic E-state index is 13.5. The van der Waals surface area contributed by atoms with Crippen molar-refractivity contribution in [3.63, 3.8) is 0 Å². The highest BCUT2D eigenvalue weighted by Crippen LogP contribution is 2.28. The molecule has 1 amide bonds. The summed E-state index contributed by atoms with van der Waals surface area (Å²) >= 11 is 0. The molecule has 0 fully saturated rings. The number of benzene rings is 2. The summed E-state index contributed by atoms with van der Waals surface area (Å²) in [6.45, 7) is 3.73. The number of amides is 1. The van der Waals surface area contributed by atoms with Gasteiger partial charge >= 0.3 is 5.97 Å². The summed E-state index contributed by atoms with van der Waals surface area (Å²) < 4.78 is 29.2. The molecule has 0 heterocycles. The molecule has 2 aromatic carbocycles. The molecule has 0 saturated heterocycles. The second-order valence-electron chi connectivity index (χ2n) is 6.21. The zero-order chi connectivity index (χ0) is 21.2. The number of hydrogen-bond donors (Lipinski definition) is 1. The van der Waals surface area contributed by atoms with E-state index in [0.717, 1.165) is 6.42 Å². The molecule has 0 bridgehead atoms. The summed E-state index contributed by atoms with van der Waals surface area (Å²) in [5.41, 5.74) is 1.48. The molecule has 0 saturated carbocycles. The maximum Gasteiger partial charge on any atom is 0.331 e. The van der Waals surface area contributed by atoms with Gasteiger partial charge in [-0.2, -0.15) is 0 Å². The molecule has 29 heavy (non-hydrogen) atoms. The first kappa shape index (κ1) is 21.9. The summed E-state index contributed by atoms with van der Waals surface area (Å²) in [6.07, 6.45) is 3.63. The van der Waals surface area contributed by atoms with Crippen LogP contribution in [0.4, 0.5) is 10.1 Å². The monoisotopic (exact) mass is 401 g/mol. The number of ether oxygens (including phenoxy) is 3. The van der Waals surface area contributed by atoms with E-state index in [1.165, 1.54) is 19.3 Å². The average molecular weight is 401 g/mol. The van der Waals surface area contributed by atoms with E-state index in [0.29, 0.717) is 34.9 Å². The van der Waals surface area contributed by atoms with Crippen molar-refractivity contribution in [1.29, 1.82) is 0 Å². The lowest BCUT2D eigenvalue weighted by molar-refractivity contribution is -0.142. The molecule has 0 atom stereocenters. The van der Waals surface area contributed by atoms with Gasteiger partial charge in [0, 0.05) is 11.8 Å². The van der Waals surface area contributed by atoms with Crippen molar-refractivity contribution in [1.82, 2.24) is 0 Å². The molecule has 0 aliphatic heterocycles. The number of anilines is 1. The fourth-order valence-corrected chi connectivity index (χ4v) is 2.34. The fourth-order valence-electron chi connectivity index (χ4n) is 2.34. The number of carbonyl (C=O) groups is 2. The molecular weight excluding hydrogens is 377 g/mol. The van der Waals surface area contributed by atoms with E-state index in [2.05, 4.69) is 5.32 Å². The van der Waals surface area contributed by atoms with Crippen LogP contribution in [0.5, 0.6) is 11.5 Å². The Labute approximate surface area is 169 Å². The highest BCUT2D eigenvalue weighted by Gasteiger charge is 2.08. The molecule has 2 aromatic rings. The number of carbonyl (C=O) groups excluding carboxylic acids is 2. The number of methoxy groups -OCH3 is 1. The molecule has 6 nitrogen and oxygen atoms in total. The van der Waals surface area contributed by atoms with E-state index in [1.54, 1.807) is 43.3 Å². The van der Waals surface area contributed by atoms with Crippen LogP contribution in [0, 0.1) is 12.7 Å². The third-order valence-corrected chi connectivity index (χ3v) is 3.86. The van der Waals surface area contributed by atoms with E-state index in [-0.39, 0.29) is 0 Å². The van der Waals surface area contributed by atoms with Gasteiger partial charge in [-0.1, -0.05) is 19.1 Å². The zero-order valence-corrected chi connectivity index (χ0v) is 16.7. The van der Waals surface area contributed by atoms with Crippen LogP contribution in [0.2, 0.25) is 0 Å². The number of nitrogens with one attached hydrogen (secondary N) is 1. The van der Waals surface area contributed by atoms with E-state index < -0.39 is 24.3 Å². The molecular formula is C22H24FNO5.